The molecule has 0 saturated heterocycles. The minimum atomic E-state index is -0.391. The van der Waals surface area contributed by atoms with E-state index in [0.29, 0.717) is 36.8 Å². The van der Waals surface area contributed by atoms with Crippen molar-refractivity contribution in [2.45, 2.75) is 24.9 Å². The van der Waals surface area contributed by atoms with Crippen molar-refractivity contribution in [3.8, 4) is 29.7 Å². The van der Waals surface area contributed by atoms with E-state index in [1.165, 1.54) is 0 Å². The predicted molar refractivity (Wildman–Crippen MR) is 99.5 cm³/mol. The Morgan fingerprint density at radius 1 is 1.15 bits per heavy atom. The highest BCUT2D eigenvalue weighted by Gasteiger charge is 2.38. The molecular weight excluding hydrogens is 344 g/mol. The summed E-state index contributed by atoms with van der Waals surface area (Å²) in [5, 5.41) is 10.9. The van der Waals surface area contributed by atoms with Crippen molar-refractivity contribution < 1.29 is 14.3 Å². The van der Waals surface area contributed by atoms with Crippen LogP contribution in [0.15, 0.2) is 58.9 Å². The van der Waals surface area contributed by atoms with Crippen LogP contribution in [0.4, 0.5) is 0 Å². The molecule has 0 unspecified atom stereocenters. The molecule has 3 rings (SSSR count). The summed E-state index contributed by atoms with van der Waals surface area (Å²) in [4.78, 5) is 16.0. The fraction of sp³-hybridized carbons (Fsp3) is 0.300. The Labute approximate surface area is 157 Å². The normalized spacial score (nSPS) is 13.4. The molecule has 0 atom stereocenters. The van der Waals surface area contributed by atoms with Crippen LogP contribution in [-0.4, -0.2) is 29.7 Å². The van der Waals surface area contributed by atoms with Crippen molar-refractivity contribution in [2.75, 3.05) is 13.2 Å². The van der Waals surface area contributed by atoms with Gasteiger partial charge in [-0.1, -0.05) is 12.1 Å². The second kappa shape index (κ2) is 8.81. The Balaban J connectivity index is 1.40. The number of hydrogen-bond donors (Lipinski definition) is 1. The van der Waals surface area contributed by atoms with Gasteiger partial charge in [0.1, 0.15) is 11.5 Å². The van der Waals surface area contributed by atoms with Gasteiger partial charge in [0.25, 0.3) is 5.91 Å². The number of aromatic nitrogens is 1. The van der Waals surface area contributed by atoms with Gasteiger partial charge < -0.3 is 14.8 Å². The molecule has 1 N–H and O–H groups in total. The van der Waals surface area contributed by atoms with E-state index in [9.17, 15) is 4.79 Å². The SMILES string of the molecule is C#CCCC1(CCNC(=O)COc2cccc(Oc3ccccn3)c2)N=N1. The quantitative estimate of drug-likeness (QED) is 0.655. The molecule has 0 bridgehead atoms. The lowest BCUT2D eigenvalue weighted by Gasteiger charge is -2.11. The Morgan fingerprint density at radius 2 is 2.00 bits per heavy atom. The first-order valence-electron chi connectivity index (χ1n) is 8.65. The number of amides is 1. The summed E-state index contributed by atoms with van der Waals surface area (Å²) in [6, 6.07) is 12.5. The smallest absolute Gasteiger partial charge is 0.257 e. The molecule has 27 heavy (non-hydrogen) atoms. The molecule has 7 nitrogen and oxygen atoms in total. The number of nitrogens with one attached hydrogen (secondary N) is 1. The number of benzene rings is 1. The molecule has 0 saturated carbocycles. The largest absolute Gasteiger partial charge is 0.484 e. The van der Waals surface area contributed by atoms with Gasteiger partial charge in [-0.2, -0.15) is 10.2 Å². The lowest BCUT2D eigenvalue weighted by Crippen LogP contribution is -2.32. The molecule has 1 aliphatic rings. The summed E-state index contributed by atoms with van der Waals surface area (Å²) >= 11 is 0. The van der Waals surface area contributed by atoms with Gasteiger partial charge in [-0.05, 0) is 18.2 Å². The standard InChI is InChI=1S/C20H20N4O3/c1-2-3-10-20(23-24-20)11-13-21-18(25)15-26-16-7-6-8-17(14-16)27-19-9-4-5-12-22-19/h1,4-9,12,14H,3,10-11,13,15H2,(H,21,25). The summed E-state index contributed by atoms with van der Waals surface area (Å²) < 4.78 is 11.2. The molecule has 1 amide bonds. The molecule has 0 spiro atoms. The zero-order valence-electron chi connectivity index (χ0n) is 14.8. The number of ether oxygens (including phenoxy) is 2. The fourth-order valence-electron chi connectivity index (χ4n) is 2.43. The first kappa shape index (κ1) is 18.4. The second-order valence-electron chi connectivity index (χ2n) is 6.02. The van der Waals surface area contributed by atoms with Gasteiger partial charge in [0.15, 0.2) is 12.3 Å². The van der Waals surface area contributed by atoms with Gasteiger partial charge >= 0.3 is 0 Å². The van der Waals surface area contributed by atoms with E-state index in [0.717, 1.165) is 6.42 Å². The van der Waals surface area contributed by atoms with Crippen molar-refractivity contribution in [3.05, 3.63) is 48.7 Å². The average molecular weight is 364 g/mol. The summed E-state index contributed by atoms with van der Waals surface area (Å²) in [5.74, 6) is 3.98. The van der Waals surface area contributed by atoms with Gasteiger partial charge in [0.05, 0.1) is 0 Å². The minimum Gasteiger partial charge on any atom is -0.484 e. The topological polar surface area (TPSA) is 85.2 Å². The van der Waals surface area contributed by atoms with Crippen LogP contribution < -0.4 is 14.8 Å². The van der Waals surface area contributed by atoms with Crippen LogP contribution in [0.25, 0.3) is 0 Å². The van der Waals surface area contributed by atoms with Crippen LogP contribution in [0.2, 0.25) is 0 Å². The molecule has 1 aromatic heterocycles. The maximum Gasteiger partial charge on any atom is 0.257 e. The van der Waals surface area contributed by atoms with Crippen molar-refractivity contribution in [3.63, 3.8) is 0 Å². The molecular formula is C20H20N4O3. The molecule has 138 valence electrons. The Hall–Kier alpha value is -3.40. The van der Waals surface area contributed by atoms with Gasteiger partial charge in [-0.3, -0.25) is 4.79 Å². The van der Waals surface area contributed by atoms with E-state index < -0.39 is 5.66 Å². The zero-order chi connectivity index (χ0) is 19.0. The highest BCUT2D eigenvalue weighted by atomic mass is 16.5. The van der Waals surface area contributed by atoms with Gasteiger partial charge in [-0.15, -0.1) is 12.3 Å². The third-order valence-electron chi connectivity index (χ3n) is 3.94. The molecule has 0 radical (unpaired) electrons. The molecule has 0 aliphatic carbocycles. The van der Waals surface area contributed by atoms with E-state index in [1.807, 2.05) is 12.1 Å². The van der Waals surface area contributed by atoms with Crippen molar-refractivity contribution >= 4 is 5.91 Å². The molecule has 7 heteroatoms. The minimum absolute atomic E-state index is 0.0846. The highest BCUT2D eigenvalue weighted by molar-refractivity contribution is 5.77. The molecule has 1 aromatic carbocycles. The molecule has 0 fully saturated rings. The molecule has 1 aliphatic heterocycles. The second-order valence-corrected chi connectivity index (χ2v) is 6.02. The summed E-state index contributed by atoms with van der Waals surface area (Å²) in [6.45, 7) is 0.390. The summed E-state index contributed by atoms with van der Waals surface area (Å²) in [6.07, 6.45) is 8.90. The number of hydrogen-bond acceptors (Lipinski definition) is 6. The number of terminal acetylenes is 1. The van der Waals surface area contributed by atoms with E-state index in [-0.39, 0.29) is 12.5 Å². The lowest BCUT2D eigenvalue weighted by molar-refractivity contribution is -0.123. The van der Waals surface area contributed by atoms with E-state index in [2.05, 4.69) is 26.4 Å². The van der Waals surface area contributed by atoms with Crippen LogP contribution in [0.5, 0.6) is 17.4 Å². The number of pyridine rings is 1. The van der Waals surface area contributed by atoms with Gasteiger partial charge in [0.2, 0.25) is 5.88 Å². The first-order chi connectivity index (χ1) is 13.2. The van der Waals surface area contributed by atoms with Crippen LogP contribution in [0.1, 0.15) is 19.3 Å². The number of rotatable bonds is 10. The first-order valence-corrected chi connectivity index (χ1v) is 8.65. The Morgan fingerprint density at radius 3 is 2.74 bits per heavy atom. The maximum absolute atomic E-state index is 11.9. The van der Waals surface area contributed by atoms with Crippen LogP contribution in [0.3, 0.4) is 0 Å². The predicted octanol–water partition coefficient (Wildman–Crippen LogP) is 3.33. The third kappa shape index (κ3) is 5.82. The Bertz CT molecular complexity index is 840. The van der Waals surface area contributed by atoms with E-state index in [4.69, 9.17) is 15.9 Å². The van der Waals surface area contributed by atoms with Gasteiger partial charge in [0, 0.05) is 44.1 Å². The third-order valence-corrected chi connectivity index (χ3v) is 3.94. The van der Waals surface area contributed by atoms with Crippen molar-refractivity contribution in [2.24, 2.45) is 10.2 Å². The van der Waals surface area contributed by atoms with Crippen LogP contribution in [0, 0.1) is 12.3 Å². The monoisotopic (exact) mass is 364 g/mol. The van der Waals surface area contributed by atoms with Crippen molar-refractivity contribution in [1.82, 2.24) is 10.3 Å². The van der Waals surface area contributed by atoms with Crippen LogP contribution >= 0.6 is 0 Å². The van der Waals surface area contributed by atoms with E-state index in [1.54, 1.807) is 36.5 Å². The van der Waals surface area contributed by atoms with Crippen LogP contribution in [-0.2, 0) is 4.79 Å². The lowest BCUT2D eigenvalue weighted by atomic mass is 10.0. The maximum atomic E-state index is 11.9. The van der Waals surface area contributed by atoms with E-state index >= 15 is 0 Å². The zero-order valence-corrected chi connectivity index (χ0v) is 14.8. The van der Waals surface area contributed by atoms with Crippen molar-refractivity contribution in [1.29, 1.82) is 0 Å². The number of carbonyl (C=O) groups excluding carboxylic acids is 1. The average Bonchev–Trinajstić information content (AvgIpc) is 3.46. The molecule has 2 heterocycles. The molecule has 2 aromatic rings. The number of carbonyl (C=O) groups is 1. The highest BCUT2D eigenvalue weighted by Crippen LogP contribution is 2.36. The summed E-state index contributed by atoms with van der Waals surface area (Å²) in [7, 11) is 0. The van der Waals surface area contributed by atoms with Gasteiger partial charge in [-0.25, -0.2) is 4.98 Å². The fourth-order valence-corrected chi connectivity index (χ4v) is 2.43. The Kier molecular flexibility index (Phi) is 6.00. The number of nitrogens with zero attached hydrogens (tertiary/aromatic N) is 3. The summed E-state index contributed by atoms with van der Waals surface area (Å²) in [5.41, 5.74) is -0.391.